The van der Waals surface area contributed by atoms with Crippen LogP contribution in [0.15, 0.2) is 36.7 Å². The number of hydrogen-bond donors (Lipinski definition) is 4. The Labute approximate surface area is 142 Å². The molecule has 7 nitrogen and oxygen atoms in total. The zero-order valence-electron chi connectivity index (χ0n) is 13.2. The van der Waals surface area contributed by atoms with Gasteiger partial charge in [0, 0.05) is 30.2 Å². The van der Waals surface area contributed by atoms with Crippen LogP contribution in [0, 0.1) is 0 Å². The standard InChI is InChI=1S/C16H19N3O4S/c1-2-3-6-18-13-9-12(16(20)21)10-14(19-24(22)23)15(13)11-4-7-17-8-5-11/h4-5,7-10,18-19H,2-3,6H2,1H3,(H,20,21)(H,22,23). The van der Waals surface area contributed by atoms with E-state index >= 15 is 0 Å². The summed E-state index contributed by atoms with van der Waals surface area (Å²) in [6.07, 6.45) is 5.12. The van der Waals surface area contributed by atoms with Gasteiger partial charge in [0.05, 0.1) is 11.3 Å². The predicted molar refractivity (Wildman–Crippen MR) is 94.4 cm³/mol. The van der Waals surface area contributed by atoms with Crippen LogP contribution in [-0.4, -0.2) is 31.4 Å². The van der Waals surface area contributed by atoms with Gasteiger partial charge < -0.3 is 10.4 Å². The molecule has 1 unspecified atom stereocenters. The molecule has 0 saturated carbocycles. The molecule has 1 aromatic heterocycles. The van der Waals surface area contributed by atoms with Gasteiger partial charge in [-0.1, -0.05) is 13.3 Å². The molecule has 1 atom stereocenters. The summed E-state index contributed by atoms with van der Waals surface area (Å²) in [5, 5.41) is 12.5. The molecule has 128 valence electrons. The highest BCUT2D eigenvalue weighted by molar-refractivity contribution is 7.80. The molecule has 0 bridgehead atoms. The van der Waals surface area contributed by atoms with E-state index in [4.69, 9.17) is 0 Å². The summed E-state index contributed by atoms with van der Waals surface area (Å²) in [5.41, 5.74) is 2.26. The molecule has 0 aliphatic heterocycles. The van der Waals surface area contributed by atoms with Crippen molar-refractivity contribution in [1.29, 1.82) is 0 Å². The number of anilines is 2. The van der Waals surface area contributed by atoms with Crippen molar-refractivity contribution in [3.05, 3.63) is 42.2 Å². The Balaban J connectivity index is 2.60. The van der Waals surface area contributed by atoms with E-state index in [9.17, 15) is 18.7 Å². The summed E-state index contributed by atoms with van der Waals surface area (Å²) in [4.78, 5) is 15.3. The molecule has 2 rings (SSSR count). The average Bonchev–Trinajstić information content (AvgIpc) is 2.55. The second kappa shape index (κ2) is 8.42. The van der Waals surface area contributed by atoms with E-state index in [1.54, 1.807) is 24.5 Å². The Kier molecular flexibility index (Phi) is 6.28. The van der Waals surface area contributed by atoms with E-state index in [0.717, 1.165) is 18.4 Å². The summed E-state index contributed by atoms with van der Waals surface area (Å²) in [6, 6.07) is 6.38. The predicted octanol–water partition coefficient (Wildman–Crippen LogP) is 3.21. The van der Waals surface area contributed by atoms with Gasteiger partial charge in [0.2, 0.25) is 0 Å². The Morgan fingerprint density at radius 3 is 2.50 bits per heavy atom. The average molecular weight is 349 g/mol. The number of carbonyl (C=O) groups is 1. The van der Waals surface area contributed by atoms with Crippen LogP contribution in [0.2, 0.25) is 0 Å². The fraction of sp³-hybridized carbons (Fsp3) is 0.250. The first-order valence-corrected chi connectivity index (χ1v) is 8.56. The number of aromatic carboxylic acids is 1. The Morgan fingerprint density at radius 2 is 1.92 bits per heavy atom. The van der Waals surface area contributed by atoms with Gasteiger partial charge in [0.15, 0.2) is 0 Å². The first kappa shape index (κ1) is 17.9. The number of aromatic nitrogens is 1. The Hall–Kier alpha value is -2.45. The third-order valence-electron chi connectivity index (χ3n) is 3.40. The number of carboxylic acids is 1. The topological polar surface area (TPSA) is 112 Å². The van der Waals surface area contributed by atoms with Crippen molar-refractivity contribution in [3.63, 3.8) is 0 Å². The van der Waals surface area contributed by atoms with Gasteiger partial charge in [0.25, 0.3) is 11.3 Å². The molecule has 8 heteroatoms. The molecule has 0 amide bonds. The van der Waals surface area contributed by atoms with Crippen molar-refractivity contribution >= 4 is 28.6 Å². The smallest absolute Gasteiger partial charge is 0.335 e. The number of hydrogen-bond acceptors (Lipinski definition) is 4. The van der Waals surface area contributed by atoms with Gasteiger partial charge in [-0.3, -0.25) is 14.3 Å². The second-order valence-corrected chi connectivity index (χ2v) is 5.82. The van der Waals surface area contributed by atoms with Crippen molar-refractivity contribution < 1.29 is 18.7 Å². The second-order valence-electron chi connectivity index (χ2n) is 5.12. The van der Waals surface area contributed by atoms with E-state index < -0.39 is 17.2 Å². The minimum Gasteiger partial charge on any atom is -0.478 e. The highest BCUT2D eigenvalue weighted by atomic mass is 32.2. The molecule has 4 N–H and O–H groups in total. The third kappa shape index (κ3) is 4.53. The maximum atomic E-state index is 11.4. The van der Waals surface area contributed by atoms with E-state index in [1.165, 1.54) is 12.1 Å². The molecule has 2 aromatic rings. The van der Waals surface area contributed by atoms with Crippen LogP contribution >= 0.6 is 0 Å². The molecule has 1 aromatic carbocycles. The third-order valence-corrected chi connectivity index (χ3v) is 3.79. The van der Waals surface area contributed by atoms with E-state index in [0.29, 0.717) is 17.8 Å². The first-order valence-electron chi connectivity index (χ1n) is 7.46. The largest absolute Gasteiger partial charge is 0.478 e. The number of carboxylic acid groups (broad SMARTS) is 1. The normalized spacial score (nSPS) is 11.8. The number of rotatable bonds is 8. The maximum absolute atomic E-state index is 11.4. The summed E-state index contributed by atoms with van der Waals surface area (Å²) in [7, 11) is 0. The van der Waals surface area contributed by atoms with Gasteiger partial charge in [-0.2, -0.15) is 0 Å². The molecule has 0 saturated heterocycles. The van der Waals surface area contributed by atoms with Crippen LogP contribution in [0.25, 0.3) is 11.1 Å². The number of benzene rings is 1. The number of pyridine rings is 1. The van der Waals surface area contributed by atoms with Crippen LogP contribution in [-0.2, 0) is 11.3 Å². The van der Waals surface area contributed by atoms with Crippen molar-refractivity contribution in [2.75, 3.05) is 16.6 Å². The minimum atomic E-state index is -2.32. The van der Waals surface area contributed by atoms with E-state index in [-0.39, 0.29) is 11.3 Å². The fourth-order valence-corrected chi connectivity index (χ4v) is 2.66. The maximum Gasteiger partial charge on any atom is 0.335 e. The molecule has 0 spiro atoms. The quantitative estimate of drug-likeness (QED) is 0.430. The summed E-state index contributed by atoms with van der Waals surface area (Å²) in [5.74, 6) is -1.11. The van der Waals surface area contributed by atoms with Crippen LogP contribution in [0.1, 0.15) is 30.1 Å². The lowest BCUT2D eigenvalue weighted by Crippen LogP contribution is -2.10. The number of nitrogens with zero attached hydrogens (tertiary/aromatic N) is 1. The molecule has 0 fully saturated rings. The molecular formula is C16H19N3O4S. The van der Waals surface area contributed by atoms with Crippen LogP contribution in [0.4, 0.5) is 11.4 Å². The SMILES string of the molecule is CCCCNc1cc(C(=O)O)cc(NS(=O)O)c1-c1ccncc1. The molecule has 24 heavy (non-hydrogen) atoms. The van der Waals surface area contributed by atoms with Gasteiger partial charge in [0.1, 0.15) is 0 Å². The number of unbranched alkanes of at least 4 members (excludes halogenated alkanes) is 1. The zero-order chi connectivity index (χ0) is 17.5. The van der Waals surface area contributed by atoms with Crippen LogP contribution in [0.3, 0.4) is 0 Å². The summed E-state index contributed by atoms with van der Waals surface area (Å²) in [6.45, 7) is 2.72. The molecule has 0 radical (unpaired) electrons. The lowest BCUT2D eigenvalue weighted by atomic mass is 10.00. The monoisotopic (exact) mass is 349 g/mol. The highest BCUT2D eigenvalue weighted by Gasteiger charge is 2.17. The fourth-order valence-electron chi connectivity index (χ4n) is 2.31. The van der Waals surface area contributed by atoms with Crippen molar-refractivity contribution in [3.8, 4) is 11.1 Å². The molecule has 1 heterocycles. The number of nitrogens with one attached hydrogen (secondary N) is 2. The summed E-state index contributed by atoms with van der Waals surface area (Å²) >= 11 is -2.32. The lowest BCUT2D eigenvalue weighted by Gasteiger charge is -2.17. The van der Waals surface area contributed by atoms with E-state index in [2.05, 4.69) is 21.9 Å². The van der Waals surface area contributed by atoms with E-state index in [1.807, 2.05) is 0 Å². The van der Waals surface area contributed by atoms with Gasteiger partial charge >= 0.3 is 5.97 Å². The van der Waals surface area contributed by atoms with Gasteiger partial charge in [-0.05, 0) is 36.2 Å². The van der Waals surface area contributed by atoms with Crippen molar-refractivity contribution in [2.45, 2.75) is 19.8 Å². The van der Waals surface area contributed by atoms with Crippen LogP contribution in [0.5, 0.6) is 0 Å². The van der Waals surface area contributed by atoms with Gasteiger partial charge in [-0.25, -0.2) is 9.00 Å². The summed E-state index contributed by atoms with van der Waals surface area (Å²) < 4.78 is 22.8. The molecule has 0 aliphatic rings. The Morgan fingerprint density at radius 1 is 1.25 bits per heavy atom. The van der Waals surface area contributed by atoms with Crippen molar-refractivity contribution in [2.24, 2.45) is 0 Å². The van der Waals surface area contributed by atoms with Gasteiger partial charge in [-0.15, -0.1) is 0 Å². The minimum absolute atomic E-state index is 0.0276. The lowest BCUT2D eigenvalue weighted by molar-refractivity contribution is 0.0697. The highest BCUT2D eigenvalue weighted by Crippen LogP contribution is 2.36. The van der Waals surface area contributed by atoms with Crippen LogP contribution < -0.4 is 10.0 Å². The molecule has 0 aliphatic carbocycles. The van der Waals surface area contributed by atoms with Crippen molar-refractivity contribution in [1.82, 2.24) is 4.98 Å². The Bertz CT molecular complexity index is 738. The zero-order valence-corrected chi connectivity index (χ0v) is 14.0. The molecular weight excluding hydrogens is 330 g/mol. The first-order chi connectivity index (χ1) is 11.5.